The zero-order valence-electron chi connectivity index (χ0n) is 14.8. The molecule has 0 spiro atoms. The monoisotopic (exact) mass is 366 g/mol. The zero-order valence-corrected chi connectivity index (χ0v) is 15.6. The molecular formula is C20H18N2O3S. The number of rotatable bonds is 3. The van der Waals surface area contributed by atoms with Crippen molar-refractivity contribution in [1.29, 1.82) is 0 Å². The fourth-order valence-electron chi connectivity index (χ4n) is 3.25. The molecule has 2 aliphatic rings. The molecule has 0 bridgehead atoms. The number of benzene rings is 2. The first-order valence-corrected chi connectivity index (χ1v) is 8.71. The van der Waals surface area contributed by atoms with Crippen LogP contribution in [0.2, 0.25) is 0 Å². The van der Waals surface area contributed by atoms with Crippen LogP contribution in [-0.4, -0.2) is 30.9 Å². The van der Waals surface area contributed by atoms with Gasteiger partial charge in [0.1, 0.15) is 10.7 Å². The number of fused-ring (bicyclic) bond motifs is 2. The molecule has 2 aromatic carbocycles. The molecule has 0 saturated heterocycles. The molecule has 0 N–H and O–H groups in total. The highest BCUT2D eigenvalue weighted by Gasteiger charge is 2.34. The summed E-state index contributed by atoms with van der Waals surface area (Å²) in [5.74, 6) is 2.97. The van der Waals surface area contributed by atoms with Crippen LogP contribution >= 0.6 is 12.2 Å². The molecule has 2 aliphatic heterocycles. The van der Waals surface area contributed by atoms with Crippen LogP contribution in [0.4, 0.5) is 0 Å². The van der Waals surface area contributed by atoms with E-state index < -0.39 is 0 Å². The minimum Gasteiger partial charge on any atom is -0.493 e. The lowest BCUT2D eigenvalue weighted by atomic mass is 9.93. The van der Waals surface area contributed by atoms with Gasteiger partial charge in [-0.15, -0.1) is 0 Å². The largest absolute Gasteiger partial charge is 0.493 e. The average molecular weight is 366 g/mol. The van der Waals surface area contributed by atoms with E-state index >= 15 is 0 Å². The molecule has 0 saturated carbocycles. The quantitative estimate of drug-likeness (QED) is 0.777. The third-order valence-electron chi connectivity index (χ3n) is 4.53. The van der Waals surface area contributed by atoms with Gasteiger partial charge in [0.15, 0.2) is 17.3 Å². The highest BCUT2D eigenvalue weighted by Crippen LogP contribution is 2.35. The number of aryl methyl sites for hydroxylation is 1. The first kappa shape index (κ1) is 16.7. The number of amidine groups is 1. The molecule has 1 atom stereocenters. The number of para-hydroxylation sites is 1. The van der Waals surface area contributed by atoms with Crippen molar-refractivity contribution in [3.8, 4) is 17.2 Å². The number of ether oxygens (including phenoxy) is 3. The van der Waals surface area contributed by atoms with Gasteiger partial charge in [-0.3, -0.25) is 0 Å². The Morgan fingerprint density at radius 2 is 1.96 bits per heavy atom. The van der Waals surface area contributed by atoms with Crippen molar-refractivity contribution in [2.24, 2.45) is 15.9 Å². The highest BCUT2D eigenvalue weighted by molar-refractivity contribution is 7.80. The van der Waals surface area contributed by atoms with Gasteiger partial charge in [0.2, 0.25) is 5.90 Å². The van der Waals surface area contributed by atoms with Crippen molar-refractivity contribution >= 4 is 28.9 Å². The second-order valence-corrected chi connectivity index (χ2v) is 6.65. The Morgan fingerprint density at radius 1 is 1.12 bits per heavy atom. The lowest BCUT2D eigenvalue weighted by Gasteiger charge is -2.28. The van der Waals surface area contributed by atoms with Gasteiger partial charge >= 0.3 is 0 Å². The highest BCUT2D eigenvalue weighted by atomic mass is 32.1. The molecule has 0 radical (unpaired) electrons. The van der Waals surface area contributed by atoms with E-state index in [9.17, 15) is 0 Å². The van der Waals surface area contributed by atoms with Crippen LogP contribution in [0.15, 0.2) is 46.4 Å². The van der Waals surface area contributed by atoms with Gasteiger partial charge in [0, 0.05) is 0 Å². The van der Waals surface area contributed by atoms with E-state index in [1.54, 1.807) is 14.2 Å². The Balaban J connectivity index is 1.76. The maximum absolute atomic E-state index is 6.05. The van der Waals surface area contributed by atoms with Gasteiger partial charge in [0.05, 0.1) is 25.7 Å². The van der Waals surface area contributed by atoms with Gasteiger partial charge in [-0.1, -0.05) is 36.0 Å². The molecule has 132 valence electrons. The lowest BCUT2D eigenvalue weighted by Crippen LogP contribution is -2.36. The van der Waals surface area contributed by atoms with E-state index in [1.807, 2.05) is 30.3 Å². The maximum Gasteiger partial charge on any atom is 0.207 e. The maximum atomic E-state index is 6.05. The minimum atomic E-state index is -0.111. The van der Waals surface area contributed by atoms with Crippen molar-refractivity contribution < 1.29 is 14.2 Å². The van der Waals surface area contributed by atoms with Crippen LogP contribution in [0.3, 0.4) is 0 Å². The van der Waals surface area contributed by atoms with Crippen LogP contribution in [0, 0.1) is 12.8 Å². The van der Waals surface area contributed by atoms with Crippen molar-refractivity contribution in [3.05, 3.63) is 53.1 Å². The second-order valence-electron chi connectivity index (χ2n) is 6.23. The van der Waals surface area contributed by atoms with Gasteiger partial charge in [-0.05, 0) is 37.1 Å². The van der Waals surface area contributed by atoms with Crippen molar-refractivity contribution in [3.63, 3.8) is 0 Å². The Hall–Kier alpha value is -2.73. The molecular weight excluding hydrogens is 348 g/mol. The van der Waals surface area contributed by atoms with Gasteiger partial charge in [-0.2, -0.15) is 4.99 Å². The Bertz CT molecular complexity index is 966. The second kappa shape index (κ2) is 6.53. The lowest BCUT2D eigenvalue weighted by molar-refractivity contribution is 0.354. The summed E-state index contributed by atoms with van der Waals surface area (Å²) in [6.07, 6.45) is 0.751. The molecule has 0 aliphatic carbocycles. The fourth-order valence-corrected chi connectivity index (χ4v) is 3.52. The third kappa shape index (κ3) is 2.76. The van der Waals surface area contributed by atoms with E-state index in [4.69, 9.17) is 26.4 Å². The first-order chi connectivity index (χ1) is 12.6. The molecule has 6 heteroatoms. The molecule has 2 heterocycles. The van der Waals surface area contributed by atoms with E-state index in [-0.39, 0.29) is 5.92 Å². The summed E-state index contributed by atoms with van der Waals surface area (Å²) >= 11 is 5.56. The van der Waals surface area contributed by atoms with Crippen LogP contribution in [-0.2, 0) is 6.42 Å². The summed E-state index contributed by atoms with van der Waals surface area (Å²) < 4.78 is 16.9. The fraction of sp³-hybridized carbons (Fsp3) is 0.250. The van der Waals surface area contributed by atoms with Crippen LogP contribution in [0.5, 0.6) is 17.2 Å². The summed E-state index contributed by atoms with van der Waals surface area (Å²) in [4.78, 5) is 9.78. The molecule has 0 amide bonds. The molecule has 4 rings (SSSR count). The van der Waals surface area contributed by atoms with Crippen LogP contribution < -0.4 is 14.2 Å². The summed E-state index contributed by atoms with van der Waals surface area (Å²) in [6.45, 7) is 2.06. The molecule has 26 heavy (non-hydrogen) atoms. The summed E-state index contributed by atoms with van der Waals surface area (Å²) in [5, 5.41) is 0. The molecule has 1 unspecified atom stereocenters. The van der Waals surface area contributed by atoms with Gasteiger partial charge in [-0.25, -0.2) is 4.99 Å². The minimum absolute atomic E-state index is 0.111. The normalized spacial score (nSPS) is 18.1. The smallest absolute Gasteiger partial charge is 0.207 e. The van der Waals surface area contributed by atoms with Gasteiger partial charge in [0.25, 0.3) is 0 Å². The number of hydrogen-bond acceptors (Lipinski definition) is 5. The molecule has 2 aromatic rings. The molecule has 0 fully saturated rings. The average Bonchev–Trinajstić information content (AvgIpc) is 2.66. The summed E-state index contributed by atoms with van der Waals surface area (Å²) in [6, 6.07) is 11.7. The van der Waals surface area contributed by atoms with E-state index in [1.165, 1.54) is 5.56 Å². The Labute approximate surface area is 157 Å². The molecule has 0 aromatic heterocycles. The number of nitrogens with zero attached hydrogens (tertiary/aromatic N) is 2. The number of methoxy groups -OCH3 is 2. The number of thiocarbonyl (C=S) groups is 1. The predicted octanol–water partition coefficient (Wildman–Crippen LogP) is 3.75. The zero-order chi connectivity index (χ0) is 18.3. The SMILES string of the molecule is COc1cccc(C2=NC(=S)C3Cc4cc(C)ccc4OC3=N2)c1OC. The molecule has 5 nitrogen and oxygen atoms in total. The number of aliphatic imine (C=N–C) groups is 2. The van der Waals surface area contributed by atoms with E-state index in [0.29, 0.717) is 28.2 Å². The number of hydrogen-bond donors (Lipinski definition) is 0. The third-order valence-corrected chi connectivity index (χ3v) is 4.90. The van der Waals surface area contributed by atoms with Crippen LogP contribution in [0.1, 0.15) is 16.7 Å². The van der Waals surface area contributed by atoms with E-state index in [2.05, 4.69) is 23.0 Å². The Kier molecular flexibility index (Phi) is 4.20. The van der Waals surface area contributed by atoms with Gasteiger partial charge < -0.3 is 14.2 Å². The first-order valence-electron chi connectivity index (χ1n) is 8.30. The summed E-state index contributed by atoms with van der Waals surface area (Å²) in [5.41, 5.74) is 3.05. The van der Waals surface area contributed by atoms with Crippen molar-refractivity contribution in [1.82, 2.24) is 0 Å². The standard InChI is InChI=1S/C20H18N2O3S/c1-11-7-8-15-12(9-11)10-14-19(25-15)21-18(22-20(14)26)13-5-4-6-16(23-2)17(13)24-3/h4-9,14H,10H2,1-3H3. The topological polar surface area (TPSA) is 52.4 Å². The van der Waals surface area contributed by atoms with Crippen LogP contribution in [0.25, 0.3) is 0 Å². The van der Waals surface area contributed by atoms with Crippen molar-refractivity contribution in [2.75, 3.05) is 14.2 Å². The Morgan fingerprint density at radius 3 is 2.73 bits per heavy atom. The predicted molar refractivity (Wildman–Crippen MR) is 105 cm³/mol. The van der Waals surface area contributed by atoms with Crippen molar-refractivity contribution in [2.45, 2.75) is 13.3 Å². The van der Waals surface area contributed by atoms with E-state index in [0.717, 1.165) is 23.3 Å². The summed E-state index contributed by atoms with van der Waals surface area (Å²) in [7, 11) is 3.19.